The lowest BCUT2D eigenvalue weighted by atomic mass is 10.1. The van der Waals surface area contributed by atoms with Gasteiger partial charge in [0.2, 0.25) is 0 Å². The topological polar surface area (TPSA) is 79.8 Å². The van der Waals surface area contributed by atoms with E-state index in [0.717, 1.165) is 6.42 Å². The van der Waals surface area contributed by atoms with E-state index in [9.17, 15) is 9.59 Å². The van der Waals surface area contributed by atoms with Gasteiger partial charge in [-0.05, 0) is 12.3 Å². The number of hydrogen-bond acceptors (Lipinski definition) is 3. The van der Waals surface area contributed by atoms with Crippen LogP contribution in [0.2, 0.25) is 0 Å². The molecule has 0 fully saturated rings. The van der Waals surface area contributed by atoms with Gasteiger partial charge in [0.05, 0.1) is 11.1 Å². The molecule has 0 saturated carbocycles. The summed E-state index contributed by atoms with van der Waals surface area (Å²) in [6.45, 7) is 4.82. The van der Waals surface area contributed by atoms with E-state index in [1.807, 2.05) is 0 Å². The van der Waals surface area contributed by atoms with Gasteiger partial charge in [0.1, 0.15) is 5.69 Å². The van der Waals surface area contributed by atoms with Gasteiger partial charge in [-0.15, -0.1) is 0 Å². The Labute approximate surface area is 111 Å². The van der Waals surface area contributed by atoms with Crippen LogP contribution in [0.15, 0.2) is 17.2 Å². The minimum absolute atomic E-state index is 0.201. The number of H-pyrrole nitrogens is 1. The third kappa shape index (κ3) is 2.83. The predicted octanol–water partition coefficient (Wildman–Crippen LogP) is 0.989. The third-order valence-electron chi connectivity index (χ3n) is 2.94. The lowest BCUT2D eigenvalue weighted by Gasteiger charge is -2.10. The molecule has 0 aromatic heterocycles. The molecule has 6 heteroatoms. The van der Waals surface area contributed by atoms with Crippen molar-refractivity contribution in [2.75, 3.05) is 6.54 Å². The molecule has 0 aliphatic carbocycles. The molecule has 2 aliphatic rings. The van der Waals surface area contributed by atoms with Gasteiger partial charge in [-0.2, -0.15) is 5.10 Å². The normalized spacial score (nSPS) is 11.2. The Kier molecular flexibility index (Phi) is 3.69. The number of aryl methyl sites for hydroxylation is 1. The summed E-state index contributed by atoms with van der Waals surface area (Å²) in [5.74, 6) is 0.333. The minimum atomic E-state index is -0.276. The van der Waals surface area contributed by atoms with Crippen molar-refractivity contribution >= 4 is 5.91 Å². The van der Waals surface area contributed by atoms with E-state index in [-0.39, 0.29) is 11.5 Å². The zero-order chi connectivity index (χ0) is 14.0. The van der Waals surface area contributed by atoms with Gasteiger partial charge in [-0.3, -0.25) is 9.59 Å². The second-order valence-electron chi connectivity index (χ2n) is 5.09. The molecule has 2 rings (SSSR count). The summed E-state index contributed by atoms with van der Waals surface area (Å²) < 4.78 is 1.69. The Morgan fingerprint density at radius 2 is 2.21 bits per heavy atom. The van der Waals surface area contributed by atoms with Crippen LogP contribution in [-0.4, -0.2) is 27.2 Å². The highest BCUT2D eigenvalue weighted by molar-refractivity contribution is 5.99. The Morgan fingerprint density at radius 1 is 1.47 bits per heavy atom. The molecule has 6 nitrogen and oxygen atoms in total. The van der Waals surface area contributed by atoms with Crippen LogP contribution in [-0.2, 0) is 7.05 Å². The Hall–Kier alpha value is -2.11. The van der Waals surface area contributed by atoms with E-state index < -0.39 is 0 Å². The third-order valence-corrected chi connectivity index (χ3v) is 2.94. The SMILES string of the molecule is CC(C)CCNC(=O)c1cn(C)cc2c(=O)[nH]nc1-2. The summed E-state index contributed by atoms with van der Waals surface area (Å²) in [4.78, 5) is 23.7. The second kappa shape index (κ2) is 5.26. The molecular weight excluding hydrogens is 244 g/mol. The van der Waals surface area contributed by atoms with E-state index >= 15 is 0 Å². The summed E-state index contributed by atoms with van der Waals surface area (Å²) in [5.41, 5.74) is 0.994. The van der Waals surface area contributed by atoms with Crippen molar-refractivity contribution in [2.45, 2.75) is 20.3 Å². The molecule has 0 atom stereocenters. The van der Waals surface area contributed by atoms with Crippen molar-refractivity contribution in [1.82, 2.24) is 20.1 Å². The smallest absolute Gasteiger partial charge is 0.275 e. The van der Waals surface area contributed by atoms with Crippen molar-refractivity contribution in [3.8, 4) is 11.3 Å². The van der Waals surface area contributed by atoms with Gasteiger partial charge in [-0.25, -0.2) is 5.10 Å². The second-order valence-corrected chi connectivity index (χ2v) is 5.09. The van der Waals surface area contributed by atoms with Gasteiger partial charge < -0.3 is 9.88 Å². The molecule has 0 unspecified atom stereocenters. The summed E-state index contributed by atoms with van der Waals surface area (Å²) in [5, 5.41) is 9.14. The van der Waals surface area contributed by atoms with Crippen LogP contribution in [0, 0.1) is 5.92 Å². The molecule has 0 saturated heterocycles. The molecule has 0 bridgehead atoms. The van der Waals surface area contributed by atoms with Crippen LogP contribution in [0.3, 0.4) is 0 Å². The van der Waals surface area contributed by atoms with Crippen molar-refractivity contribution in [3.63, 3.8) is 0 Å². The highest BCUT2D eigenvalue weighted by Crippen LogP contribution is 2.18. The fourth-order valence-electron chi connectivity index (χ4n) is 1.90. The lowest BCUT2D eigenvalue weighted by molar-refractivity contribution is 0.0951. The van der Waals surface area contributed by atoms with E-state index in [1.165, 1.54) is 0 Å². The van der Waals surface area contributed by atoms with Crippen LogP contribution in [0.1, 0.15) is 30.6 Å². The van der Waals surface area contributed by atoms with Crippen LogP contribution in [0.5, 0.6) is 0 Å². The number of carbonyl (C=O) groups excluding carboxylic acids is 1. The Balaban J connectivity index is 2.24. The van der Waals surface area contributed by atoms with E-state index in [2.05, 4.69) is 29.4 Å². The lowest BCUT2D eigenvalue weighted by Crippen LogP contribution is -2.26. The monoisotopic (exact) mass is 262 g/mol. The molecule has 1 amide bonds. The summed E-state index contributed by atoms with van der Waals surface area (Å²) in [6.07, 6.45) is 4.25. The maximum atomic E-state index is 12.1. The average Bonchev–Trinajstić information content (AvgIpc) is 2.69. The van der Waals surface area contributed by atoms with E-state index in [1.54, 1.807) is 24.0 Å². The maximum Gasteiger partial charge on any atom is 0.275 e. The van der Waals surface area contributed by atoms with E-state index in [0.29, 0.717) is 29.3 Å². The van der Waals surface area contributed by atoms with Crippen molar-refractivity contribution in [2.24, 2.45) is 13.0 Å². The number of aromatic nitrogens is 3. The minimum Gasteiger partial charge on any atom is -0.356 e. The number of carbonyl (C=O) groups is 1. The van der Waals surface area contributed by atoms with Crippen molar-refractivity contribution in [3.05, 3.63) is 28.3 Å². The van der Waals surface area contributed by atoms with E-state index in [4.69, 9.17) is 0 Å². The molecule has 2 aliphatic heterocycles. The fraction of sp³-hybridized carbons (Fsp3) is 0.462. The predicted molar refractivity (Wildman–Crippen MR) is 72.2 cm³/mol. The molecule has 0 radical (unpaired) electrons. The van der Waals surface area contributed by atoms with Gasteiger partial charge >= 0.3 is 0 Å². The van der Waals surface area contributed by atoms with Crippen molar-refractivity contribution in [1.29, 1.82) is 0 Å². The molecule has 0 aromatic carbocycles. The molecule has 0 aromatic rings. The first-order valence-corrected chi connectivity index (χ1v) is 6.31. The highest BCUT2D eigenvalue weighted by Gasteiger charge is 2.20. The first-order valence-electron chi connectivity index (χ1n) is 6.31. The molecule has 19 heavy (non-hydrogen) atoms. The zero-order valence-electron chi connectivity index (χ0n) is 11.4. The van der Waals surface area contributed by atoms with Crippen LogP contribution in [0.4, 0.5) is 0 Å². The number of pyridine rings is 1. The summed E-state index contributed by atoms with van der Waals surface area (Å²) in [6, 6.07) is 0. The number of hydrogen-bond donors (Lipinski definition) is 2. The number of nitrogens with zero attached hydrogens (tertiary/aromatic N) is 2. The van der Waals surface area contributed by atoms with Crippen molar-refractivity contribution < 1.29 is 4.79 Å². The van der Waals surface area contributed by atoms with Gasteiger partial charge in [0.25, 0.3) is 11.5 Å². The first-order chi connectivity index (χ1) is 8.99. The number of rotatable bonds is 4. The van der Waals surface area contributed by atoms with Gasteiger partial charge in [0.15, 0.2) is 0 Å². The Morgan fingerprint density at radius 3 is 2.89 bits per heavy atom. The van der Waals surface area contributed by atoms with Gasteiger partial charge in [0, 0.05) is 26.0 Å². The summed E-state index contributed by atoms with van der Waals surface area (Å²) >= 11 is 0. The number of aromatic amines is 1. The molecule has 2 heterocycles. The average molecular weight is 262 g/mol. The van der Waals surface area contributed by atoms with Crippen LogP contribution in [0.25, 0.3) is 11.3 Å². The number of fused-ring (bicyclic) bond motifs is 1. The van der Waals surface area contributed by atoms with Crippen LogP contribution < -0.4 is 10.9 Å². The maximum absolute atomic E-state index is 12.1. The quantitative estimate of drug-likeness (QED) is 0.862. The number of nitrogens with one attached hydrogen (secondary N) is 2. The highest BCUT2D eigenvalue weighted by atomic mass is 16.2. The number of amides is 1. The molecule has 102 valence electrons. The Bertz CT molecular complexity index is 612. The standard InChI is InChI=1S/C13H18N4O2/c1-8(2)4-5-14-12(18)9-6-17(3)7-10-11(9)15-16-13(10)19/h6-8H,4-5H2,1-3H3,(H,14,18)(H,16,19). The fourth-order valence-corrected chi connectivity index (χ4v) is 1.90. The van der Waals surface area contributed by atoms with Gasteiger partial charge in [-0.1, -0.05) is 13.8 Å². The molecule has 0 spiro atoms. The summed E-state index contributed by atoms with van der Waals surface area (Å²) in [7, 11) is 1.77. The molecular formula is C13H18N4O2. The largest absolute Gasteiger partial charge is 0.356 e. The molecule has 2 N–H and O–H groups in total. The van der Waals surface area contributed by atoms with Crippen LogP contribution >= 0.6 is 0 Å². The first kappa shape index (κ1) is 13.3. The zero-order valence-corrected chi connectivity index (χ0v) is 11.4.